The van der Waals surface area contributed by atoms with E-state index >= 15 is 0 Å². The van der Waals surface area contributed by atoms with Crippen LogP contribution in [0.15, 0.2) is 24.5 Å². The molecule has 0 saturated carbocycles. The van der Waals surface area contributed by atoms with E-state index in [1.165, 1.54) is 17.0 Å². The minimum atomic E-state index is -1.81. The summed E-state index contributed by atoms with van der Waals surface area (Å²) in [5.74, 6) is -2.43. The molecule has 1 atom stereocenters. The monoisotopic (exact) mass is 236 g/mol. The number of hydrogen-bond donors (Lipinski definition) is 1. The maximum Gasteiger partial charge on any atom is 0.340 e. The van der Waals surface area contributed by atoms with Crippen molar-refractivity contribution in [2.24, 2.45) is 0 Å². The Kier molecular flexibility index (Phi) is 2.49. The molecule has 1 fully saturated rings. The Morgan fingerprint density at radius 3 is 2.41 bits per heavy atom. The van der Waals surface area contributed by atoms with Crippen molar-refractivity contribution in [2.75, 3.05) is 6.54 Å². The van der Waals surface area contributed by atoms with Gasteiger partial charge in [-0.1, -0.05) is 0 Å². The van der Waals surface area contributed by atoms with Crippen LogP contribution in [-0.4, -0.2) is 38.9 Å². The zero-order valence-electron chi connectivity index (χ0n) is 9.29. The van der Waals surface area contributed by atoms with Gasteiger partial charge in [0.05, 0.1) is 6.42 Å². The summed E-state index contributed by atoms with van der Waals surface area (Å²) in [6.45, 7) is 1.83. The van der Waals surface area contributed by atoms with Crippen molar-refractivity contribution >= 4 is 17.8 Å². The molecule has 0 bridgehead atoms. The van der Waals surface area contributed by atoms with Gasteiger partial charge in [0.2, 0.25) is 11.4 Å². The largest absolute Gasteiger partial charge is 0.479 e. The number of carboxylic acids is 1. The Morgan fingerprint density at radius 1 is 1.41 bits per heavy atom. The molecule has 1 aromatic rings. The predicted molar refractivity (Wildman–Crippen MR) is 57.1 cm³/mol. The predicted octanol–water partition coefficient (Wildman–Crippen LogP) is 0.0468. The van der Waals surface area contributed by atoms with Crippen LogP contribution < -0.4 is 0 Å². The second kappa shape index (κ2) is 3.73. The van der Waals surface area contributed by atoms with Crippen LogP contribution in [0.1, 0.15) is 13.3 Å². The molecule has 2 amide bonds. The van der Waals surface area contributed by atoms with Gasteiger partial charge in [0.25, 0.3) is 5.91 Å². The molecule has 6 heteroatoms. The maximum absolute atomic E-state index is 12.1. The van der Waals surface area contributed by atoms with Crippen molar-refractivity contribution in [1.29, 1.82) is 0 Å². The van der Waals surface area contributed by atoms with Crippen molar-refractivity contribution in [1.82, 2.24) is 9.47 Å². The van der Waals surface area contributed by atoms with E-state index in [-0.39, 0.29) is 13.0 Å². The zero-order chi connectivity index (χ0) is 12.6. The Labute approximate surface area is 97.4 Å². The molecule has 2 rings (SSSR count). The lowest BCUT2D eigenvalue weighted by Gasteiger charge is -2.23. The number of likely N-dealkylation sites (tertiary alicyclic amines) is 1. The van der Waals surface area contributed by atoms with Crippen LogP contribution in [0.2, 0.25) is 0 Å². The van der Waals surface area contributed by atoms with Crippen LogP contribution in [0, 0.1) is 0 Å². The first-order valence-electron chi connectivity index (χ1n) is 5.25. The Morgan fingerprint density at radius 2 is 2.00 bits per heavy atom. The van der Waals surface area contributed by atoms with E-state index in [1.54, 1.807) is 19.1 Å². The lowest BCUT2D eigenvalue weighted by Crippen LogP contribution is -2.48. The Bertz CT molecular complexity index is 480. The van der Waals surface area contributed by atoms with E-state index in [1.807, 2.05) is 0 Å². The quantitative estimate of drug-likeness (QED) is 0.594. The summed E-state index contributed by atoms with van der Waals surface area (Å²) in [6, 6.07) is 3.24. The van der Waals surface area contributed by atoms with Gasteiger partial charge in [0.1, 0.15) is 0 Å². The standard InChI is InChI=1S/C11H12N2O4/c1-2-13-8(14)7-11(9(13)15,10(16)17)12-5-3-4-6-12/h3-6H,2,7H2,1H3,(H,16,17)/t11-/m1/s1. The van der Waals surface area contributed by atoms with Crippen molar-refractivity contribution in [3.8, 4) is 0 Å². The van der Waals surface area contributed by atoms with E-state index in [2.05, 4.69) is 0 Å². The number of carbonyl (C=O) groups excluding carboxylic acids is 2. The third-order valence-electron chi connectivity index (χ3n) is 3.02. The Balaban J connectivity index is 2.56. The minimum Gasteiger partial charge on any atom is -0.479 e. The van der Waals surface area contributed by atoms with E-state index < -0.39 is 23.3 Å². The topological polar surface area (TPSA) is 79.6 Å². The first kappa shape index (κ1) is 11.4. The zero-order valence-corrected chi connectivity index (χ0v) is 9.29. The molecule has 0 aliphatic carbocycles. The number of rotatable bonds is 3. The Hall–Kier alpha value is -2.11. The number of carbonyl (C=O) groups is 3. The summed E-state index contributed by atoms with van der Waals surface area (Å²) in [4.78, 5) is 36.2. The van der Waals surface area contributed by atoms with Crippen molar-refractivity contribution in [3.05, 3.63) is 24.5 Å². The van der Waals surface area contributed by atoms with Gasteiger partial charge in [-0.2, -0.15) is 0 Å². The van der Waals surface area contributed by atoms with Crippen LogP contribution in [0.3, 0.4) is 0 Å². The molecule has 2 heterocycles. The van der Waals surface area contributed by atoms with E-state index in [9.17, 15) is 19.5 Å². The van der Waals surface area contributed by atoms with Gasteiger partial charge >= 0.3 is 5.97 Å². The highest BCUT2D eigenvalue weighted by atomic mass is 16.4. The number of aromatic nitrogens is 1. The van der Waals surface area contributed by atoms with E-state index in [0.29, 0.717) is 0 Å². The fourth-order valence-corrected chi connectivity index (χ4v) is 2.11. The number of nitrogens with zero attached hydrogens (tertiary/aromatic N) is 2. The number of likely N-dealkylation sites (N-methyl/N-ethyl adjacent to an activating group) is 1. The third-order valence-corrected chi connectivity index (χ3v) is 3.02. The summed E-state index contributed by atoms with van der Waals surface area (Å²) in [5, 5.41) is 9.32. The van der Waals surface area contributed by atoms with Crippen LogP contribution in [-0.2, 0) is 19.9 Å². The van der Waals surface area contributed by atoms with Crippen LogP contribution in [0.4, 0.5) is 0 Å². The lowest BCUT2D eigenvalue weighted by molar-refractivity contribution is -0.154. The second-order valence-electron chi connectivity index (χ2n) is 3.88. The molecule has 1 N–H and O–H groups in total. The molecule has 90 valence electrons. The lowest BCUT2D eigenvalue weighted by atomic mass is 9.97. The minimum absolute atomic E-state index is 0.188. The highest BCUT2D eigenvalue weighted by molar-refractivity contribution is 6.17. The van der Waals surface area contributed by atoms with Crippen LogP contribution in [0.5, 0.6) is 0 Å². The summed E-state index contributed by atoms with van der Waals surface area (Å²) in [6.07, 6.45) is 2.64. The molecule has 1 aliphatic heterocycles. The molecule has 1 aliphatic rings. The SMILES string of the molecule is CCN1C(=O)C[C@@](C(=O)O)(n2cccc2)C1=O. The number of carboxylic acid groups (broad SMARTS) is 1. The smallest absolute Gasteiger partial charge is 0.340 e. The summed E-state index contributed by atoms with van der Waals surface area (Å²) in [7, 11) is 0. The first-order valence-corrected chi connectivity index (χ1v) is 5.25. The van der Waals surface area contributed by atoms with Crippen LogP contribution >= 0.6 is 0 Å². The molecule has 6 nitrogen and oxygen atoms in total. The number of hydrogen-bond acceptors (Lipinski definition) is 3. The highest BCUT2D eigenvalue weighted by Gasteiger charge is 2.58. The third kappa shape index (κ3) is 1.37. The average molecular weight is 236 g/mol. The van der Waals surface area contributed by atoms with Gasteiger partial charge in [-0.3, -0.25) is 14.5 Å². The highest BCUT2D eigenvalue weighted by Crippen LogP contribution is 2.32. The van der Waals surface area contributed by atoms with Crippen molar-refractivity contribution in [3.63, 3.8) is 0 Å². The summed E-state index contributed by atoms with van der Waals surface area (Å²) < 4.78 is 1.28. The molecule has 1 aromatic heterocycles. The van der Waals surface area contributed by atoms with E-state index in [4.69, 9.17) is 0 Å². The van der Waals surface area contributed by atoms with Gasteiger partial charge in [-0.15, -0.1) is 0 Å². The van der Waals surface area contributed by atoms with Gasteiger partial charge in [-0.05, 0) is 19.1 Å². The van der Waals surface area contributed by atoms with Crippen molar-refractivity contribution < 1.29 is 19.5 Å². The van der Waals surface area contributed by atoms with Crippen molar-refractivity contribution in [2.45, 2.75) is 18.9 Å². The first-order chi connectivity index (χ1) is 8.04. The molecule has 0 spiro atoms. The van der Waals surface area contributed by atoms with E-state index in [0.717, 1.165) is 4.90 Å². The molecular formula is C11H12N2O4. The normalized spacial score (nSPS) is 24.4. The van der Waals surface area contributed by atoms with Gasteiger partial charge in [0, 0.05) is 18.9 Å². The molecule has 1 saturated heterocycles. The molecular weight excluding hydrogens is 224 g/mol. The maximum atomic E-state index is 12.1. The average Bonchev–Trinajstić information content (AvgIpc) is 2.86. The fraction of sp³-hybridized carbons (Fsp3) is 0.364. The van der Waals surface area contributed by atoms with Crippen LogP contribution in [0.25, 0.3) is 0 Å². The number of amides is 2. The van der Waals surface area contributed by atoms with Gasteiger partial charge in [0.15, 0.2) is 0 Å². The molecule has 0 aromatic carbocycles. The molecule has 0 radical (unpaired) electrons. The number of aliphatic carboxylic acids is 1. The van der Waals surface area contributed by atoms with Gasteiger partial charge in [-0.25, -0.2) is 4.79 Å². The molecule has 17 heavy (non-hydrogen) atoms. The summed E-state index contributed by atoms with van der Waals surface area (Å²) in [5.41, 5.74) is -1.81. The molecule has 0 unspecified atom stereocenters. The fourth-order valence-electron chi connectivity index (χ4n) is 2.11. The summed E-state index contributed by atoms with van der Waals surface area (Å²) >= 11 is 0. The van der Waals surface area contributed by atoms with Gasteiger partial charge < -0.3 is 9.67 Å². The number of imide groups is 1. The second-order valence-corrected chi connectivity index (χ2v) is 3.88.